The number of pyridine rings is 1. The van der Waals surface area contributed by atoms with Crippen molar-refractivity contribution < 1.29 is 38.2 Å². The number of hydrogen-bond donors (Lipinski definition) is 2. The van der Waals surface area contributed by atoms with Crippen LogP contribution in [0.4, 0.5) is 0 Å². The number of amides is 4. The SMILES string of the molecule is CO[C@@H](C)c1ncccc1-c1c2c3cc(ccc3n1C)-c1csc(n1)C[C@H](NC(=O)C(C(C)C)N1CCC3(CN(C(=O)C#CCN4CCOCC4)C3)C1=O)C(=O)N1CCC[C@H](N1)C(=O)OCC(C)(C)C2. The molecule has 4 aromatic rings. The first-order chi connectivity index (χ1) is 33.6. The number of ether oxygens (including phenoxy) is 3. The van der Waals surface area contributed by atoms with E-state index in [1.54, 1.807) is 23.1 Å². The van der Waals surface area contributed by atoms with Crippen LogP contribution < -0.4 is 10.7 Å². The highest BCUT2D eigenvalue weighted by Crippen LogP contribution is 2.43. The Labute approximate surface area is 413 Å². The minimum Gasteiger partial charge on any atom is -0.464 e. The fraction of sp³-hybridized carbons (Fsp3) is 0.558. The van der Waals surface area contributed by atoms with E-state index in [9.17, 15) is 24.0 Å². The molecule has 3 aromatic heterocycles. The van der Waals surface area contributed by atoms with Crippen LogP contribution in [0, 0.1) is 28.6 Å². The summed E-state index contributed by atoms with van der Waals surface area (Å²) in [4.78, 5) is 85.8. The summed E-state index contributed by atoms with van der Waals surface area (Å²) in [5.74, 6) is 3.61. The van der Waals surface area contributed by atoms with Crippen LogP contribution >= 0.6 is 11.3 Å². The van der Waals surface area contributed by atoms with E-state index in [1.807, 2.05) is 32.2 Å². The molecule has 70 heavy (non-hydrogen) atoms. The maximum Gasteiger partial charge on any atom is 0.324 e. The molecule has 9 rings (SSSR count). The maximum atomic E-state index is 14.7. The topological polar surface area (TPSA) is 181 Å². The molecule has 5 aliphatic heterocycles. The minimum atomic E-state index is -1.08. The van der Waals surface area contributed by atoms with E-state index in [0.29, 0.717) is 63.5 Å². The lowest BCUT2D eigenvalue weighted by atomic mass is 9.78. The molecule has 18 heteroatoms. The van der Waals surface area contributed by atoms with E-state index in [2.05, 4.69) is 77.2 Å². The zero-order chi connectivity index (χ0) is 49.5. The summed E-state index contributed by atoms with van der Waals surface area (Å²) in [5, 5.41) is 8.14. The van der Waals surface area contributed by atoms with Gasteiger partial charge in [-0.3, -0.25) is 38.9 Å². The molecule has 5 aliphatic rings. The van der Waals surface area contributed by atoms with Crippen LogP contribution in [-0.4, -0.2) is 155 Å². The maximum absolute atomic E-state index is 14.7. The Hall–Kier alpha value is -5.71. The summed E-state index contributed by atoms with van der Waals surface area (Å²) in [7, 11) is 3.73. The van der Waals surface area contributed by atoms with Crippen molar-refractivity contribution in [2.45, 2.75) is 91.0 Å². The molecule has 4 amide bonds. The molecule has 4 fully saturated rings. The zero-order valence-corrected chi connectivity index (χ0v) is 42.2. The number of morpholine rings is 1. The number of methoxy groups -OCH3 is 1. The van der Waals surface area contributed by atoms with Gasteiger partial charge in [0.1, 0.15) is 18.1 Å². The van der Waals surface area contributed by atoms with Crippen molar-refractivity contribution >= 4 is 51.8 Å². The van der Waals surface area contributed by atoms with Gasteiger partial charge in [0.25, 0.3) is 11.8 Å². The number of thiazole rings is 1. The predicted octanol–water partition coefficient (Wildman–Crippen LogP) is 4.14. The van der Waals surface area contributed by atoms with E-state index >= 15 is 0 Å². The monoisotopic (exact) mass is 975 g/mol. The molecule has 4 saturated heterocycles. The Morgan fingerprint density at radius 1 is 1.07 bits per heavy atom. The summed E-state index contributed by atoms with van der Waals surface area (Å²) in [6.07, 6.45) is 3.67. The molecule has 4 atom stereocenters. The van der Waals surface area contributed by atoms with Crippen molar-refractivity contribution in [1.29, 1.82) is 0 Å². The summed E-state index contributed by atoms with van der Waals surface area (Å²) in [5.41, 5.74) is 8.36. The number of cyclic esters (lactones) is 1. The molecule has 372 valence electrons. The lowest BCUT2D eigenvalue weighted by molar-refractivity contribution is -0.155. The number of aromatic nitrogens is 3. The molecule has 1 aromatic carbocycles. The second kappa shape index (κ2) is 20.2. The van der Waals surface area contributed by atoms with Crippen LogP contribution in [-0.2, 0) is 58.1 Å². The van der Waals surface area contributed by atoms with E-state index in [-0.39, 0.29) is 50.0 Å². The van der Waals surface area contributed by atoms with Crippen LogP contribution in [0.2, 0.25) is 0 Å². The Morgan fingerprint density at radius 2 is 1.86 bits per heavy atom. The van der Waals surface area contributed by atoms with Gasteiger partial charge in [-0.05, 0) is 74.3 Å². The Morgan fingerprint density at radius 3 is 2.61 bits per heavy atom. The van der Waals surface area contributed by atoms with Crippen molar-refractivity contribution in [3.05, 3.63) is 58.2 Å². The van der Waals surface area contributed by atoms with Crippen LogP contribution in [0.25, 0.3) is 33.4 Å². The standard InChI is InChI=1S/C52H65N9O8S/c1-32(2)45(60-20-16-52(50(60)66)29-59(30-52)43(62)13-10-18-58-21-23-68-24-22-58)47(63)55-39-26-42-54-40(28-70-42)34-14-15-41-36(25-34)37(46(57(41)6)35-11-8-17-53-44(35)33(3)67-7)27-51(4,5)31-69-49(65)38-12-9-19-61(56-38)48(39)64/h8,11,14-15,17,25,28,32-33,38-39,45,56H,9,12,16,18-24,26-27,29-31H2,1-7H3,(H,55,63)/t33-,38-,39-,45?/m0/s1. The second-order valence-electron chi connectivity index (χ2n) is 20.7. The van der Waals surface area contributed by atoms with Crippen molar-refractivity contribution in [2.75, 3.05) is 72.7 Å². The third-order valence-corrected chi connectivity index (χ3v) is 15.5. The van der Waals surface area contributed by atoms with Crippen LogP contribution in [0.15, 0.2) is 41.9 Å². The number of hydrazine groups is 1. The normalized spacial score (nSPS) is 22.6. The highest BCUT2D eigenvalue weighted by Gasteiger charge is 2.58. The van der Waals surface area contributed by atoms with Gasteiger partial charge in [-0.15, -0.1) is 11.3 Å². The van der Waals surface area contributed by atoms with Crippen LogP contribution in [0.5, 0.6) is 0 Å². The van der Waals surface area contributed by atoms with E-state index in [1.165, 1.54) is 16.3 Å². The molecule has 0 saturated carbocycles. The van der Waals surface area contributed by atoms with Gasteiger partial charge in [0, 0.05) is 98.9 Å². The summed E-state index contributed by atoms with van der Waals surface area (Å²) in [6.45, 7) is 14.5. The smallest absolute Gasteiger partial charge is 0.324 e. The van der Waals surface area contributed by atoms with Crippen molar-refractivity contribution in [1.82, 2.24) is 45.0 Å². The van der Waals surface area contributed by atoms with E-state index in [4.69, 9.17) is 24.2 Å². The van der Waals surface area contributed by atoms with Crippen LogP contribution in [0.3, 0.4) is 0 Å². The number of likely N-dealkylation sites (tertiary alicyclic amines) is 2. The number of carbonyl (C=O) groups is 5. The fourth-order valence-corrected chi connectivity index (χ4v) is 11.6. The number of carbonyl (C=O) groups excluding carboxylic acids is 5. The number of benzene rings is 1. The molecule has 6 bridgehead atoms. The van der Waals surface area contributed by atoms with Gasteiger partial charge >= 0.3 is 5.97 Å². The molecule has 8 heterocycles. The van der Waals surface area contributed by atoms with Crippen molar-refractivity contribution in [2.24, 2.45) is 23.8 Å². The van der Waals surface area contributed by atoms with Crippen molar-refractivity contribution in [3.8, 4) is 34.4 Å². The quantitative estimate of drug-likeness (QED) is 0.191. The number of hydrogen-bond acceptors (Lipinski definition) is 13. The molecule has 0 radical (unpaired) electrons. The van der Waals surface area contributed by atoms with E-state index < -0.39 is 46.7 Å². The first-order valence-corrected chi connectivity index (χ1v) is 25.4. The Kier molecular flexibility index (Phi) is 14.2. The average molecular weight is 976 g/mol. The molecular weight excluding hydrogens is 911 g/mol. The fourth-order valence-electron chi connectivity index (χ4n) is 10.7. The minimum absolute atomic E-state index is 0.0769. The largest absolute Gasteiger partial charge is 0.464 e. The van der Waals surface area contributed by atoms with Gasteiger partial charge in [-0.2, -0.15) is 0 Å². The molecule has 17 nitrogen and oxygen atoms in total. The second-order valence-corrected chi connectivity index (χ2v) is 21.6. The van der Waals surface area contributed by atoms with Gasteiger partial charge < -0.3 is 33.9 Å². The van der Waals surface area contributed by atoms with Crippen LogP contribution in [0.1, 0.15) is 76.3 Å². The highest BCUT2D eigenvalue weighted by atomic mass is 32.1. The predicted molar refractivity (Wildman–Crippen MR) is 264 cm³/mol. The first-order valence-electron chi connectivity index (χ1n) is 24.5. The van der Waals surface area contributed by atoms with Gasteiger partial charge in [-0.1, -0.05) is 39.7 Å². The third kappa shape index (κ3) is 9.83. The Bertz CT molecular complexity index is 2730. The number of nitrogens with zero attached hydrogens (tertiary/aromatic N) is 7. The molecule has 0 aliphatic carbocycles. The van der Waals surface area contributed by atoms with Crippen molar-refractivity contribution in [3.63, 3.8) is 0 Å². The van der Waals surface area contributed by atoms with Gasteiger partial charge in [0.15, 0.2) is 0 Å². The number of fused-ring (bicyclic) bond motifs is 6. The summed E-state index contributed by atoms with van der Waals surface area (Å²) >= 11 is 1.41. The van der Waals surface area contributed by atoms with E-state index in [0.717, 1.165) is 57.8 Å². The summed E-state index contributed by atoms with van der Waals surface area (Å²) < 4.78 is 19.5. The van der Waals surface area contributed by atoms with Gasteiger partial charge in [0.05, 0.1) is 60.0 Å². The first kappa shape index (κ1) is 49.3. The van der Waals surface area contributed by atoms with Gasteiger partial charge in [0.2, 0.25) is 11.8 Å². The summed E-state index contributed by atoms with van der Waals surface area (Å²) in [6, 6.07) is 7.57. The molecule has 2 N–H and O–H groups in total. The molecular formula is C52H65N9O8S. The number of nitrogens with one attached hydrogen (secondary N) is 2. The van der Waals surface area contributed by atoms with Gasteiger partial charge in [-0.25, -0.2) is 10.4 Å². The lowest BCUT2D eigenvalue weighted by Gasteiger charge is -2.46. The number of aryl methyl sites for hydroxylation is 1. The highest BCUT2D eigenvalue weighted by molar-refractivity contribution is 7.10. The third-order valence-electron chi connectivity index (χ3n) is 14.6. The molecule has 1 spiro atoms. The lowest BCUT2D eigenvalue weighted by Crippen LogP contribution is -2.64. The average Bonchev–Trinajstić information content (AvgIpc) is 4.03. The number of esters is 1. The molecule has 1 unspecified atom stereocenters. The number of rotatable bonds is 8. The Balaban J connectivity index is 0.993. The zero-order valence-electron chi connectivity index (χ0n) is 41.3.